The average Bonchev–Trinajstić information content (AvgIpc) is 2.69. The van der Waals surface area contributed by atoms with E-state index in [2.05, 4.69) is 0 Å². The van der Waals surface area contributed by atoms with Crippen LogP contribution in [0.2, 0.25) is 5.02 Å². The van der Waals surface area contributed by atoms with Gasteiger partial charge in [0, 0.05) is 5.02 Å². The number of rotatable bonds is 7. The van der Waals surface area contributed by atoms with Crippen molar-refractivity contribution in [3.05, 3.63) is 95.0 Å². The van der Waals surface area contributed by atoms with Crippen LogP contribution in [0.4, 0.5) is 0 Å². The van der Waals surface area contributed by atoms with Crippen molar-refractivity contribution in [3.63, 3.8) is 0 Å². The molecule has 0 heterocycles. The molecule has 0 amide bonds. The van der Waals surface area contributed by atoms with Gasteiger partial charge in [-0.3, -0.25) is 4.79 Å². The van der Waals surface area contributed by atoms with Crippen LogP contribution in [0.3, 0.4) is 0 Å². The van der Waals surface area contributed by atoms with E-state index in [-0.39, 0.29) is 24.4 Å². The number of para-hydroxylation sites is 1. The molecule has 0 spiro atoms. The fourth-order valence-electron chi connectivity index (χ4n) is 3.03. The minimum Gasteiger partial charge on any atom is -0.460 e. The molecule has 0 aromatic heterocycles. The molecule has 3 aromatic carbocycles. The summed E-state index contributed by atoms with van der Waals surface area (Å²) >= 11 is 5.96. The summed E-state index contributed by atoms with van der Waals surface area (Å²) in [6.45, 7) is 4.21. The van der Waals surface area contributed by atoms with Crippen LogP contribution in [-0.4, -0.2) is 5.97 Å². The Kier molecular flexibility index (Phi) is 6.72. The molecule has 0 aliphatic rings. The van der Waals surface area contributed by atoms with Crippen LogP contribution < -0.4 is 4.74 Å². The van der Waals surface area contributed by atoms with Gasteiger partial charge < -0.3 is 9.47 Å². The summed E-state index contributed by atoms with van der Waals surface area (Å²) in [6, 6.07) is 24.5. The first-order valence-corrected chi connectivity index (χ1v) is 9.64. The highest BCUT2D eigenvalue weighted by Gasteiger charge is 2.25. The second kappa shape index (κ2) is 9.43. The van der Waals surface area contributed by atoms with Crippen molar-refractivity contribution in [2.24, 2.45) is 5.92 Å². The van der Waals surface area contributed by atoms with E-state index in [1.165, 1.54) is 0 Å². The maximum absolute atomic E-state index is 12.7. The van der Waals surface area contributed by atoms with Crippen LogP contribution in [0.25, 0.3) is 0 Å². The van der Waals surface area contributed by atoms with E-state index in [1.807, 2.05) is 80.6 Å². The van der Waals surface area contributed by atoms with Gasteiger partial charge in [-0.15, -0.1) is 0 Å². The second-order valence-electron chi connectivity index (χ2n) is 6.94. The summed E-state index contributed by atoms with van der Waals surface area (Å²) in [6.07, 6.45) is 0. The molecule has 4 heteroatoms. The Bertz CT molecular complexity index is 905. The van der Waals surface area contributed by atoms with Crippen LogP contribution in [0.5, 0.6) is 11.5 Å². The Balaban J connectivity index is 1.66. The number of benzene rings is 3. The molecule has 0 N–H and O–H groups in total. The van der Waals surface area contributed by atoms with Crippen molar-refractivity contribution < 1.29 is 14.3 Å². The molecule has 28 heavy (non-hydrogen) atoms. The highest BCUT2D eigenvalue weighted by molar-refractivity contribution is 6.30. The first-order valence-electron chi connectivity index (χ1n) is 9.27. The lowest BCUT2D eigenvalue weighted by Crippen LogP contribution is -2.20. The van der Waals surface area contributed by atoms with Crippen molar-refractivity contribution in [3.8, 4) is 11.5 Å². The SMILES string of the molecule is CC(C)[C@H](C(=O)OCc1cccc(Oc2ccccc2)c1)c1ccc(Cl)cc1. The molecule has 0 unspecified atom stereocenters. The first kappa shape index (κ1) is 20.0. The normalized spacial score (nSPS) is 11.9. The third-order valence-corrected chi connectivity index (χ3v) is 4.66. The zero-order valence-electron chi connectivity index (χ0n) is 16.0. The molecule has 144 valence electrons. The Morgan fingerprint density at radius 2 is 1.57 bits per heavy atom. The Morgan fingerprint density at radius 1 is 0.893 bits per heavy atom. The summed E-state index contributed by atoms with van der Waals surface area (Å²) in [5.74, 6) is 1.01. The third kappa shape index (κ3) is 5.37. The van der Waals surface area contributed by atoms with Gasteiger partial charge in [0.15, 0.2) is 0 Å². The summed E-state index contributed by atoms with van der Waals surface area (Å²) in [7, 11) is 0. The fraction of sp³-hybridized carbons (Fsp3) is 0.208. The molecule has 0 radical (unpaired) electrons. The number of halogens is 1. The van der Waals surface area contributed by atoms with Crippen LogP contribution in [0.1, 0.15) is 30.9 Å². The lowest BCUT2D eigenvalue weighted by Gasteiger charge is -2.20. The molecular formula is C24H23ClO3. The quantitative estimate of drug-likeness (QED) is 0.422. The molecule has 0 fully saturated rings. The number of ether oxygens (including phenoxy) is 2. The van der Waals surface area contributed by atoms with E-state index in [9.17, 15) is 4.79 Å². The Labute approximate surface area is 170 Å². The summed E-state index contributed by atoms with van der Waals surface area (Å²) in [5, 5.41) is 0.648. The number of esters is 1. The molecule has 1 atom stereocenters. The highest BCUT2D eigenvalue weighted by atomic mass is 35.5. The standard InChI is InChI=1S/C24H23ClO3/c1-17(2)23(19-11-13-20(25)14-12-19)24(26)27-16-18-7-6-10-22(15-18)28-21-8-4-3-5-9-21/h3-15,17,23H,16H2,1-2H3/t23-/m0/s1. The maximum Gasteiger partial charge on any atom is 0.314 e. The predicted molar refractivity (Wildman–Crippen MR) is 112 cm³/mol. The number of hydrogen-bond donors (Lipinski definition) is 0. The maximum atomic E-state index is 12.7. The van der Waals surface area contributed by atoms with Gasteiger partial charge in [0.05, 0.1) is 5.92 Å². The van der Waals surface area contributed by atoms with Gasteiger partial charge >= 0.3 is 5.97 Å². The van der Waals surface area contributed by atoms with E-state index >= 15 is 0 Å². The van der Waals surface area contributed by atoms with Crippen LogP contribution in [0.15, 0.2) is 78.9 Å². The van der Waals surface area contributed by atoms with Gasteiger partial charge in [-0.2, -0.15) is 0 Å². The summed E-state index contributed by atoms with van der Waals surface area (Å²) in [5.41, 5.74) is 1.78. The average molecular weight is 395 g/mol. The van der Waals surface area contributed by atoms with Crippen molar-refractivity contribution in [2.75, 3.05) is 0 Å². The van der Waals surface area contributed by atoms with E-state index in [0.29, 0.717) is 10.8 Å². The largest absolute Gasteiger partial charge is 0.460 e. The van der Waals surface area contributed by atoms with Crippen molar-refractivity contribution in [1.29, 1.82) is 0 Å². The molecule has 0 saturated carbocycles. The number of hydrogen-bond acceptors (Lipinski definition) is 3. The molecule has 0 saturated heterocycles. The number of carbonyl (C=O) groups is 1. The lowest BCUT2D eigenvalue weighted by molar-refractivity contribution is -0.148. The summed E-state index contributed by atoms with van der Waals surface area (Å²) in [4.78, 5) is 12.7. The third-order valence-electron chi connectivity index (χ3n) is 4.41. The van der Waals surface area contributed by atoms with Gasteiger partial charge in [0.1, 0.15) is 18.1 Å². The summed E-state index contributed by atoms with van der Waals surface area (Å²) < 4.78 is 11.5. The Hall–Kier alpha value is -2.78. The molecule has 3 aromatic rings. The first-order chi connectivity index (χ1) is 13.5. The van der Waals surface area contributed by atoms with E-state index in [1.54, 1.807) is 12.1 Å². The zero-order valence-corrected chi connectivity index (χ0v) is 16.7. The zero-order chi connectivity index (χ0) is 19.9. The lowest BCUT2D eigenvalue weighted by atomic mass is 9.88. The van der Waals surface area contributed by atoms with Crippen LogP contribution in [0, 0.1) is 5.92 Å². The van der Waals surface area contributed by atoms with Crippen LogP contribution in [-0.2, 0) is 16.1 Å². The second-order valence-corrected chi connectivity index (χ2v) is 7.38. The molecule has 0 aliphatic heterocycles. The van der Waals surface area contributed by atoms with E-state index in [0.717, 1.165) is 16.9 Å². The van der Waals surface area contributed by atoms with Crippen molar-refractivity contribution >= 4 is 17.6 Å². The van der Waals surface area contributed by atoms with Crippen molar-refractivity contribution in [1.82, 2.24) is 0 Å². The van der Waals surface area contributed by atoms with Gasteiger partial charge in [-0.05, 0) is 53.4 Å². The monoisotopic (exact) mass is 394 g/mol. The topological polar surface area (TPSA) is 35.5 Å². The molecule has 3 rings (SSSR count). The number of carbonyl (C=O) groups excluding carboxylic acids is 1. The van der Waals surface area contributed by atoms with Gasteiger partial charge in [0.2, 0.25) is 0 Å². The molecular weight excluding hydrogens is 372 g/mol. The molecule has 3 nitrogen and oxygen atoms in total. The smallest absolute Gasteiger partial charge is 0.314 e. The van der Waals surface area contributed by atoms with Gasteiger partial charge in [0.25, 0.3) is 0 Å². The fourth-order valence-corrected chi connectivity index (χ4v) is 3.16. The van der Waals surface area contributed by atoms with Crippen molar-refractivity contribution in [2.45, 2.75) is 26.4 Å². The highest BCUT2D eigenvalue weighted by Crippen LogP contribution is 2.28. The van der Waals surface area contributed by atoms with E-state index in [4.69, 9.17) is 21.1 Å². The Morgan fingerprint density at radius 3 is 2.25 bits per heavy atom. The van der Waals surface area contributed by atoms with E-state index < -0.39 is 0 Å². The van der Waals surface area contributed by atoms with Gasteiger partial charge in [-0.25, -0.2) is 0 Å². The minimum atomic E-state index is -0.332. The molecule has 0 bridgehead atoms. The van der Waals surface area contributed by atoms with Gasteiger partial charge in [-0.1, -0.05) is 67.9 Å². The van der Waals surface area contributed by atoms with Crippen LogP contribution >= 0.6 is 11.6 Å². The minimum absolute atomic E-state index is 0.112. The predicted octanol–water partition coefficient (Wildman–Crippen LogP) is 6.62. The molecule has 0 aliphatic carbocycles.